The zero-order valence-electron chi connectivity index (χ0n) is 14.9. The van der Waals surface area contributed by atoms with Gasteiger partial charge in [-0.25, -0.2) is 8.78 Å². The van der Waals surface area contributed by atoms with Gasteiger partial charge >= 0.3 is 6.36 Å². The molecular weight excluding hydrogens is 377 g/mol. The van der Waals surface area contributed by atoms with Crippen LogP contribution in [0, 0.1) is 35.8 Å². The average molecular weight is 396 g/mol. The van der Waals surface area contributed by atoms with E-state index in [-0.39, 0.29) is 5.75 Å². The van der Waals surface area contributed by atoms with Gasteiger partial charge in [0.25, 0.3) is 0 Å². The van der Waals surface area contributed by atoms with Crippen molar-refractivity contribution in [3.8, 4) is 5.75 Å². The van der Waals surface area contributed by atoms with Gasteiger partial charge in [-0.15, -0.1) is 13.2 Å². The number of rotatable bonds is 6. The van der Waals surface area contributed by atoms with Gasteiger partial charge in [-0.2, -0.15) is 0 Å². The minimum atomic E-state index is -4.69. The summed E-state index contributed by atoms with van der Waals surface area (Å²) in [7, 11) is 0. The van der Waals surface area contributed by atoms with Gasteiger partial charge in [0.2, 0.25) is 0 Å². The average Bonchev–Trinajstić information content (AvgIpc) is 3.05. The fourth-order valence-corrected chi connectivity index (χ4v) is 4.22. The van der Waals surface area contributed by atoms with E-state index in [1.54, 1.807) is 12.1 Å². The Labute approximate surface area is 159 Å². The number of likely N-dealkylation sites (tertiary alicyclic amines) is 1. The lowest BCUT2D eigenvalue weighted by Crippen LogP contribution is -2.24. The molecule has 4 rings (SSSR count). The Morgan fingerprint density at radius 3 is 2.46 bits per heavy atom. The third kappa shape index (κ3) is 4.46. The largest absolute Gasteiger partial charge is 0.573 e. The van der Waals surface area contributed by atoms with Crippen LogP contribution in [0.1, 0.15) is 17.5 Å². The minimum Gasteiger partial charge on any atom is -0.406 e. The summed E-state index contributed by atoms with van der Waals surface area (Å²) in [4.78, 5) is 2.17. The lowest BCUT2D eigenvalue weighted by atomic mass is 10.0. The summed E-state index contributed by atoms with van der Waals surface area (Å²) in [6, 6.07) is 9.61. The lowest BCUT2D eigenvalue weighted by Gasteiger charge is -2.20. The third-order valence-electron chi connectivity index (χ3n) is 5.57. The second-order valence-electron chi connectivity index (χ2n) is 7.48. The van der Waals surface area contributed by atoms with Crippen molar-refractivity contribution in [1.82, 2.24) is 4.90 Å². The number of ether oxygens (including phenoxy) is 1. The van der Waals surface area contributed by atoms with Gasteiger partial charge in [0.15, 0.2) is 0 Å². The van der Waals surface area contributed by atoms with Crippen LogP contribution in [-0.2, 0) is 6.54 Å². The number of piperidine rings is 1. The Kier molecular flexibility index (Phi) is 5.04. The summed E-state index contributed by atoms with van der Waals surface area (Å²) >= 11 is 0. The zero-order valence-corrected chi connectivity index (χ0v) is 14.9. The Morgan fingerprint density at radius 2 is 1.79 bits per heavy atom. The molecule has 1 heterocycles. The van der Waals surface area contributed by atoms with Gasteiger partial charge in [0.1, 0.15) is 17.4 Å². The van der Waals surface area contributed by atoms with Gasteiger partial charge < -0.3 is 4.74 Å². The molecule has 0 spiro atoms. The molecule has 1 saturated heterocycles. The quantitative estimate of drug-likeness (QED) is 0.624. The smallest absolute Gasteiger partial charge is 0.406 e. The molecule has 0 N–H and O–H groups in total. The maximum atomic E-state index is 13.8. The van der Waals surface area contributed by atoms with E-state index in [2.05, 4.69) is 9.64 Å². The Balaban J connectivity index is 1.25. The van der Waals surface area contributed by atoms with Crippen molar-refractivity contribution in [2.75, 3.05) is 13.1 Å². The van der Waals surface area contributed by atoms with Crippen LogP contribution in [0.4, 0.5) is 22.0 Å². The summed E-state index contributed by atoms with van der Waals surface area (Å²) in [5.74, 6) is 0.229. The van der Waals surface area contributed by atoms with Crippen LogP contribution in [0.15, 0.2) is 42.5 Å². The standard InChI is InChI=1S/C21H19F5NO/c22-15-6-5-14(20(23)9-15)10-27-11-18-17(19(18)12-27)7-4-13-2-1-3-16(8-13)28-21(24,25)26/h1-6,8-9,17-19H,7,10-12H2. The molecule has 0 aromatic heterocycles. The number of fused-ring (bicyclic) bond motifs is 1. The highest BCUT2D eigenvalue weighted by Crippen LogP contribution is 2.54. The summed E-state index contributed by atoms with van der Waals surface area (Å²) in [5.41, 5.74) is 1.20. The van der Waals surface area contributed by atoms with E-state index < -0.39 is 18.0 Å². The molecule has 0 bridgehead atoms. The molecule has 1 radical (unpaired) electrons. The maximum Gasteiger partial charge on any atom is 0.573 e. The molecule has 1 saturated carbocycles. The first kappa shape index (κ1) is 19.2. The highest BCUT2D eigenvalue weighted by atomic mass is 19.4. The fraction of sp³-hybridized carbons (Fsp3) is 0.381. The van der Waals surface area contributed by atoms with Crippen molar-refractivity contribution in [3.05, 3.63) is 71.6 Å². The Bertz CT molecular complexity index is 841. The van der Waals surface area contributed by atoms with Crippen molar-refractivity contribution in [3.63, 3.8) is 0 Å². The van der Waals surface area contributed by atoms with E-state index >= 15 is 0 Å². The molecule has 1 aliphatic heterocycles. The van der Waals surface area contributed by atoms with Crippen molar-refractivity contribution in [2.45, 2.75) is 19.3 Å². The number of benzene rings is 2. The molecular formula is C21H19F5NO. The van der Waals surface area contributed by atoms with Crippen LogP contribution in [0.5, 0.6) is 5.75 Å². The lowest BCUT2D eigenvalue weighted by molar-refractivity contribution is -0.274. The fourth-order valence-electron chi connectivity index (χ4n) is 4.22. The first-order chi connectivity index (χ1) is 13.3. The highest BCUT2D eigenvalue weighted by Gasteiger charge is 2.54. The van der Waals surface area contributed by atoms with E-state index in [4.69, 9.17) is 0 Å². The molecule has 2 nitrogen and oxygen atoms in total. The van der Waals surface area contributed by atoms with Crippen LogP contribution in [0.3, 0.4) is 0 Å². The van der Waals surface area contributed by atoms with Gasteiger partial charge in [0.05, 0.1) is 0 Å². The first-order valence-corrected chi connectivity index (χ1v) is 9.14. The topological polar surface area (TPSA) is 12.5 Å². The van der Waals surface area contributed by atoms with Crippen molar-refractivity contribution >= 4 is 0 Å². The van der Waals surface area contributed by atoms with Crippen LogP contribution in [0.25, 0.3) is 0 Å². The van der Waals surface area contributed by atoms with Gasteiger partial charge in [-0.05, 0) is 54.4 Å². The second kappa shape index (κ2) is 7.35. The number of hydrogen-bond acceptors (Lipinski definition) is 2. The molecule has 0 amide bonds. The van der Waals surface area contributed by atoms with Gasteiger partial charge in [0, 0.05) is 31.3 Å². The van der Waals surface area contributed by atoms with E-state index in [9.17, 15) is 22.0 Å². The molecule has 2 aromatic rings. The number of alkyl halides is 3. The van der Waals surface area contributed by atoms with Crippen LogP contribution < -0.4 is 4.74 Å². The molecule has 2 aromatic carbocycles. The second-order valence-corrected chi connectivity index (χ2v) is 7.48. The molecule has 7 heteroatoms. The van der Waals surface area contributed by atoms with E-state index in [0.29, 0.717) is 35.4 Å². The summed E-state index contributed by atoms with van der Waals surface area (Å²) < 4.78 is 67.7. The van der Waals surface area contributed by atoms with Gasteiger partial charge in [-0.1, -0.05) is 18.2 Å². The SMILES string of the molecule is Fc1ccc(CN2CC3C(C[CH]c4cccc(OC(F)(F)F)c4)C3C2)c(F)c1. The number of nitrogens with zero attached hydrogens (tertiary/aromatic N) is 1. The molecule has 28 heavy (non-hydrogen) atoms. The molecule has 149 valence electrons. The normalized spacial score (nSPS) is 24.2. The number of hydrogen-bond donors (Lipinski definition) is 0. The molecule has 1 aliphatic carbocycles. The maximum absolute atomic E-state index is 13.8. The monoisotopic (exact) mass is 396 g/mol. The molecule has 2 fully saturated rings. The minimum absolute atomic E-state index is 0.218. The first-order valence-electron chi connectivity index (χ1n) is 9.14. The van der Waals surface area contributed by atoms with E-state index in [1.807, 2.05) is 6.42 Å². The van der Waals surface area contributed by atoms with E-state index in [1.165, 1.54) is 24.3 Å². The summed E-state index contributed by atoms with van der Waals surface area (Å²) in [5, 5.41) is 0. The third-order valence-corrected chi connectivity index (χ3v) is 5.57. The Hall–Kier alpha value is -2.15. The number of halogens is 5. The predicted octanol–water partition coefficient (Wildman–Crippen LogP) is 5.18. The van der Waals surface area contributed by atoms with Gasteiger partial charge in [-0.3, -0.25) is 4.90 Å². The molecule has 2 unspecified atom stereocenters. The summed E-state index contributed by atoms with van der Waals surface area (Å²) in [6.45, 7) is 2.18. The predicted molar refractivity (Wildman–Crippen MR) is 93.2 cm³/mol. The van der Waals surface area contributed by atoms with Crippen molar-refractivity contribution < 1.29 is 26.7 Å². The molecule has 2 aliphatic rings. The summed E-state index contributed by atoms with van der Waals surface area (Å²) in [6.07, 6.45) is -1.96. The highest BCUT2D eigenvalue weighted by molar-refractivity contribution is 5.33. The van der Waals surface area contributed by atoms with Crippen LogP contribution in [-0.4, -0.2) is 24.4 Å². The van der Waals surface area contributed by atoms with E-state index in [0.717, 1.165) is 25.6 Å². The van der Waals surface area contributed by atoms with Crippen LogP contribution >= 0.6 is 0 Å². The zero-order chi connectivity index (χ0) is 19.9. The molecule has 2 atom stereocenters. The Morgan fingerprint density at radius 1 is 1.04 bits per heavy atom. The van der Waals surface area contributed by atoms with Crippen molar-refractivity contribution in [1.29, 1.82) is 0 Å². The van der Waals surface area contributed by atoms with Crippen LogP contribution in [0.2, 0.25) is 0 Å². The van der Waals surface area contributed by atoms with Crippen molar-refractivity contribution in [2.24, 2.45) is 17.8 Å².